The molecule has 2 N–H and O–H groups in total. The van der Waals surface area contributed by atoms with Gasteiger partial charge in [0.05, 0.1) is 17.8 Å². The maximum Gasteiger partial charge on any atom is 0.455 e. The van der Waals surface area contributed by atoms with Gasteiger partial charge in [-0.2, -0.15) is 22.0 Å². The number of nitrogens with one attached hydrogen (secondary N) is 2. The summed E-state index contributed by atoms with van der Waals surface area (Å²) < 4.78 is 69.1. The van der Waals surface area contributed by atoms with Crippen molar-refractivity contribution in [3.8, 4) is 22.9 Å². The molecule has 0 spiro atoms. The van der Waals surface area contributed by atoms with Gasteiger partial charge in [0.2, 0.25) is 11.8 Å². The first-order chi connectivity index (χ1) is 15.5. The fourth-order valence-corrected chi connectivity index (χ4v) is 2.65. The summed E-state index contributed by atoms with van der Waals surface area (Å²) in [4.78, 5) is 24.7. The lowest BCUT2D eigenvalue weighted by atomic mass is 10.1. The molecule has 0 aliphatic rings. The molecule has 2 heterocycles. The number of rotatable bonds is 7. The van der Waals surface area contributed by atoms with Crippen molar-refractivity contribution < 1.29 is 31.5 Å². The van der Waals surface area contributed by atoms with Crippen LogP contribution in [0.2, 0.25) is 0 Å². The standard InChI is InChI=1S/C21H18F5N5O2/c1-12-5-6-13(17(32)30-11-20(22,23)21(24,25)26)10-16(12)33-18-14(4-3-8-28-18)15-7-9-29-19(27-2)31-15/h3-10H,11H2,1-2H3,(H,30,32)(H,27,29,31). The Labute approximate surface area is 185 Å². The van der Waals surface area contributed by atoms with E-state index >= 15 is 0 Å². The Morgan fingerprint density at radius 2 is 1.82 bits per heavy atom. The summed E-state index contributed by atoms with van der Waals surface area (Å²) in [7, 11) is 1.66. The Balaban J connectivity index is 1.85. The molecule has 3 rings (SSSR count). The number of halogens is 5. The molecule has 0 unspecified atom stereocenters. The fourth-order valence-electron chi connectivity index (χ4n) is 2.65. The number of hydrogen-bond acceptors (Lipinski definition) is 6. The zero-order valence-electron chi connectivity index (χ0n) is 17.4. The zero-order chi connectivity index (χ0) is 24.2. The largest absolute Gasteiger partial charge is 0.455 e. The number of aryl methyl sites for hydroxylation is 1. The number of benzene rings is 1. The van der Waals surface area contributed by atoms with Crippen molar-refractivity contribution >= 4 is 11.9 Å². The van der Waals surface area contributed by atoms with Gasteiger partial charge in [-0.05, 0) is 42.8 Å². The van der Waals surface area contributed by atoms with Crippen LogP contribution in [-0.4, -0.2) is 46.6 Å². The molecule has 1 amide bonds. The number of aromatic nitrogens is 3. The molecule has 0 saturated carbocycles. The molecule has 12 heteroatoms. The molecule has 0 radical (unpaired) electrons. The van der Waals surface area contributed by atoms with Crippen LogP contribution in [-0.2, 0) is 0 Å². The molecule has 0 bridgehead atoms. The van der Waals surface area contributed by atoms with Crippen molar-refractivity contribution in [2.24, 2.45) is 0 Å². The number of carbonyl (C=O) groups is 1. The molecule has 174 valence electrons. The van der Waals surface area contributed by atoms with Crippen LogP contribution in [0, 0.1) is 6.92 Å². The van der Waals surface area contributed by atoms with Gasteiger partial charge in [-0.1, -0.05) is 6.07 Å². The van der Waals surface area contributed by atoms with E-state index in [1.165, 1.54) is 30.6 Å². The summed E-state index contributed by atoms with van der Waals surface area (Å²) in [6.07, 6.45) is -2.76. The van der Waals surface area contributed by atoms with Crippen molar-refractivity contribution in [1.82, 2.24) is 20.3 Å². The third-order valence-corrected chi connectivity index (χ3v) is 4.47. The van der Waals surface area contributed by atoms with Crippen molar-refractivity contribution in [1.29, 1.82) is 0 Å². The molecule has 7 nitrogen and oxygen atoms in total. The highest BCUT2D eigenvalue weighted by molar-refractivity contribution is 5.94. The number of amides is 1. The zero-order valence-corrected chi connectivity index (χ0v) is 17.4. The molecule has 0 fully saturated rings. The number of pyridine rings is 1. The predicted molar refractivity (Wildman–Crippen MR) is 109 cm³/mol. The monoisotopic (exact) mass is 467 g/mol. The minimum absolute atomic E-state index is 0.141. The first kappa shape index (κ1) is 23.8. The maximum absolute atomic E-state index is 13.1. The van der Waals surface area contributed by atoms with E-state index in [2.05, 4.69) is 20.3 Å². The van der Waals surface area contributed by atoms with Crippen LogP contribution in [0.5, 0.6) is 11.6 Å². The SMILES string of the molecule is CNc1nccc(-c2cccnc2Oc2cc(C(=O)NCC(F)(F)C(F)(F)F)ccc2C)n1. The second-order valence-corrected chi connectivity index (χ2v) is 6.84. The van der Waals surface area contributed by atoms with E-state index in [9.17, 15) is 26.7 Å². The van der Waals surface area contributed by atoms with E-state index in [1.807, 2.05) is 0 Å². The lowest BCUT2D eigenvalue weighted by Crippen LogP contribution is -2.46. The van der Waals surface area contributed by atoms with Gasteiger partial charge in [0.15, 0.2) is 0 Å². The second-order valence-electron chi connectivity index (χ2n) is 6.84. The van der Waals surface area contributed by atoms with Gasteiger partial charge in [-0.15, -0.1) is 0 Å². The molecule has 33 heavy (non-hydrogen) atoms. The Bertz CT molecular complexity index is 1150. The summed E-state index contributed by atoms with van der Waals surface area (Å²) in [5, 5.41) is 4.42. The van der Waals surface area contributed by atoms with Gasteiger partial charge >= 0.3 is 12.1 Å². The van der Waals surface area contributed by atoms with Crippen molar-refractivity contribution in [2.45, 2.75) is 19.0 Å². The molecule has 0 atom stereocenters. The molecular weight excluding hydrogens is 449 g/mol. The Morgan fingerprint density at radius 3 is 2.52 bits per heavy atom. The van der Waals surface area contributed by atoms with Gasteiger partial charge in [-0.3, -0.25) is 4.79 Å². The highest BCUT2D eigenvalue weighted by Gasteiger charge is 2.57. The topological polar surface area (TPSA) is 89.0 Å². The van der Waals surface area contributed by atoms with E-state index in [1.54, 1.807) is 37.5 Å². The van der Waals surface area contributed by atoms with Gasteiger partial charge in [0.1, 0.15) is 5.75 Å². The number of alkyl halides is 5. The predicted octanol–water partition coefficient (Wildman–Crippen LogP) is 4.61. The number of anilines is 1. The van der Waals surface area contributed by atoms with E-state index < -0.39 is 24.6 Å². The first-order valence-electron chi connectivity index (χ1n) is 9.49. The molecule has 0 saturated heterocycles. The lowest BCUT2D eigenvalue weighted by Gasteiger charge is -2.20. The summed E-state index contributed by atoms with van der Waals surface area (Å²) in [5.74, 6) is -5.50. The quantitative estimate of drug-likeness (QED) is 0.494. The van der Waals surface area contributed by atoms with Crippen LogP contribution in [0.4, 0.5) is 27.9 Å². The van der Waals surface area contributed by atoms with Crippen LogP contribution in [0.3, 0.4) is 0 Å². The van der Waals surface area contributed by atoms with Crippen LogP contribution in [0.1, 0.15) is 15.9 Å². The van der Waals surface area contributed by atoms with Gasteiger partial charge in [0.25, 0.3) is 5.91 Å². The van der Waals surface area contributed by atoms with E-state index in [0.29, 0.717) is 22.8 Å². The minimum atomic E-state index is -5.77. The minimum Gasteiger partial charge on any atom is -0.438 e. The van der Waals surface area contributed by atoms with Crippen LogP contribution >= 0.6 is 0 Å². The van der Waals surface area contributed by atoms with Crippen LogP contribution in [0.25, 0.3) is 11.3 Å². The average Bonchev–Trinajstić information content (AvgIpc) is 2.78. The lowest BCUT2D eigenvalue weighted by molar-refractivity contribution is -0.278. The summed E-state index contributed by atoms with van der Waals surface area (Å²) in [6, 6.07) is 9.00. The van der Waals surface area contributed by atoms with Gasteiger partial charge < -0.3 is 15.4 Å². The highest BCUT2D eigenvalue weighted by atomic mass is 19.4. The van der Waals surface area contributed by atoms with Crippen LogP contribution in [0.15, 0.2) is 48.8 Å². The fraction of sp³-hybridized carbons (Fsp3) is 0.238. The molecule has 3 aromatic rings. The van der Waals surface area contributed by atoms with Gasteiger partial charge in [-0.25, -0.2) is 15.0 Å². The molecule has 0 aliphatic carbocycles. The van der Waals surface area contributed by atoms with Crippen molar-refractivity contribution in [3.63, 3.8) is 0 Å². The summed E-state index contributed by atoms with van der Waals surface area (Å²) in [6.45, 7) is -0.216. The van der Waals surface area contributed by atoms with E-state index in [0.717, 1.165) is 0 Å². The number of ether oxygens (including phenoxy) is 1. The third kappa shape index (κ3) is 5.51. The summed E-state index contributed by atoms with van der Waals surface area (Å²) >= 11 is 0. The van der Waals surface area contributed by atoms with Crippen molar-refractivity contribution in [2.75, 3.05) is 18.9 Å². The number of hydrogen-bond donors (Lipinski definition) is 2. The molecule has 1 aromatic carbocycles. The second kappa shape index (κ2) is 9.35. The van der Waals surface area contributed by atoms with E-state index in [-0.39, 0.29) is 17.2 Å². The molecular formula is C21H18F5N5O2. The van der Waals surface area contributed by atoms with E-state index in [4.69, 9.17) is 4.74 Å². The number of nitrogens with zero attached hydrogens (tertiary/aromatic N) is 3. The Hall–Kier alpha value is -3.83. The normalized spacial score (nSPS) is 11.7. The first-order valence-corrected chi connectivity index (χ1v) is 9.49. The highest BCUT2D eigenvalue weighted by Crippen LogP contribution is 2.35. The molecule has 0 aliphatic heterocycles. The Kier molecular flexibility index (Phi) is 6.75. The average molecular weight is 467 g/mol. The Morgan fingerprint density at radius 1 is 1.06 bits per heavy atom. The smallest absolute Gasteiger partial charge is 0.438 e. The number of carbonyl (C=O) groups excluding carboxylic acids is 1. The van der Waals surface area contributed by atoms with Crippen molar-refractivity contribution in [3.05, 3.63) is 59.9 Å². The van der Waals surface area contributed by atoms with Crippen LogP contribution < -0.4 is 15.4 Å². The van der Waals surface area contributed by atoms with Gasteiger partial charge in [0, 0.05) is 25.0 Å². The summed E-state index contributed by atoms with van der Waals surface area (Å²) in [5.41, 5.74) is 1.42. The maximum atomic E-state index is 13.1. The molecule has 2 aromatic heterocycles. The third-order valence-electron chi connectivity index (χ3n) is 4.47.